The normalized spacial score (nSPS) is 14.4. The molecule has 0 fully saturated rings. The number of hydrogen-bond acceptors (Lipinski definition) is 5. The van der Waals surface area contributed by atoms with Gasteiger partial charge in [0.15, 0.2) is 11.6 Å². The third-order valence-corrected chi connectivity index (χ3v) is 4.94. The number of H-pyrrole nitrogens is 1. The summed E-state index contributed by atoms with van der Waals surface area (Å²) in [7, 11) is 0. The van der Waals surface area contributed by atoms with Crippen LogP contribution in [0.5, 0.6) is 0 Å². The molecule has 1 aromatic carbocycles. The van der Waals surface area contributed by atoms with E-state index in [9.17, 15) is 4.79 Å². The van der Waals surface area contributed by atoms with Crippen LogP contribution in [0, 0.1) is 0 Å². The topological polar surface area (TPSA) is 75.0 Å². The quantitative estimate of drug-likeness (QED) is 0.609. The van der Waals surface area contributed by atoms with Gasteiger partial charge in [0.2, 0.25) is 0 Å². The highest BCUT2D eigenvalue weighted by molar-refractivity contribution is 5.78. The number of nitrogens with zero attached hydrogens (tertiary/aromatic N) is 3. The van der Waals surface area contributed by atoms with Gasteiger partial charge in [0.05, 0.1) is 28.7 Å². The van der Waals surface area contributed by atoms with Crippen LogP contribution in [-0.4, -0.2) is 26.4 Å². The molecule has 1 aliphatic rings. The van der Waals surface area contributed by atoms with Crippen molar-refractivity contribution in [2.45, 2.75) is 19.5 Å². The standard InChI is InChI=1S/C21H18N4O2/c26-21-16-13-25(12-15-8-7-14-4-1-2-5-17(14)22-15)10-9-18(16)23-20(24-21)19-6-3-11-27-19/h1-8,11H,9-10,12-13H2,(H,23,24,26). The highest BCUT2D eigenvalue weighted by Crippen LogP contribution is 2.20. The predicted octanol–water partition coefficient (Wildman–Crippen LogP) is 3.14. The Kier molecular flexibility index (Phi) is 3.83. The van der Waals surface area contributed by atoms with Crippen LogP contribution in [-0.2, 0) is 19.5 Å². The maximum absolute atomic E-state index is 12.6. The van der Waals surface area contributed by atoms with E-state index in [4.69, 9.17) is 9.40 Å². The molecule has 1 N–H and O–H groups in total. The molecule has 0 radical (unpaired) electrons. The van der Waals surface area contributed by atoms with Crippen LogP contribution in [0.3, 0.4) is 0 Å². The molecule has 0 bridgehead atoms. The first kappa shape index (κ1) is 16.0. The van der Waals surface area contributed by atoms with E-state index < -0.39 is 0 Å². The number of pyridine rings is 1. The predicted molar refractivity (Wildman–Crippen MR) is 102 cm³/mol. The molecule has 3 aromatic heterocycles. The van der Waals surface area contributed by atoms with Crippen molar-refractivity contribution in [2.75, 3.05) is 6.54 Å². The van der Waals surface area contributed by atoms with E-state index in [1.54, 1.807) is 18.4 Å². The molecule has 1 aliphatic heterocycles. The minimum Gasteiger partial charge on any atom is -0.461 e. The maximum Gasteiger partial charge on any atom is 0.256 e. The number of hydrogen-bond donors (Lipinski definition) is 1. The third kappa shape index (κ3) is 3.04. The van der Waals surface area contributed by atoms with Crippen LogP contribution < -0.4 is 5.56 Å². The molecule has 6 heteroatoms. The van der Waals surface area contributed by atoms with Gasteiger partial charge in [-0.3, -0.25) is 14.7 Å². The van der Waals surface area contributed by atoms with Gasteiger partial charge in [-0.05, 0) is 24.3 Å². The number of furan rings is 1. The molecule has 4 aromatic rings. The third-order valence-electron chi connectivity index (χ3n) is 4.94. The highest BCUT2D eigenvalue weighted by atomic mass is 16.3. The number of aromatic amines is 1. The van der Waals surface area contributed by atoms with Gasteiger partial charge in [0.25, 0.3) is 5.56 Å². The lowest BCUT2D eigenvalue weighted by Gasteiger charge is -2.27. The summed E-state index contributed by atoms with van der Waals surface area (Å²) in [5.74, 6) is 1.08. The maximum atomic E-state index is 12.6. The van der Waals surface area contributed by atoms with E-state index >= 15 is 0 Å². The Morgan fingerprint density at radius 3 is 2.89 bits per heavy atom. The average molecular weight is 358 g/mol. The van der Waals surface area contributed by atoms with E-state index in [0.29, 0.717) is 24.7 Å². The lowest BCUT2D eigenvalue weighted by Crippen LogP contribution is -2.35. The fourth-order valence-corrected chi connectivity index (χ4v) is 3.57. The Balaban J connectivity index is 1.39. The van der Waals surface area contributed by atoms with Gasteiger partial charge in [0.1, 0.15) is 0 Å². The smallest absolute Gasteiger partial charge is 0.256 e. The van der Waals surface area contributed by atoms with E-state index in [2.05, 4.69) is 33.1 Å². The monoisotopic (exact) mass is 358 g/mol. The SMILES string of the molecule is O=c1[nH]c(-c2ccco2)nc2c1CN(Cc1ccc3ccccc3n1)CC2. The molecular formula is C21H18N4O2. The molecule has 27 heavy (non-hydrogen) atoms. The summed E-state index contributed by atoms with van der Waals surface area (Å²) in [6, 6.07) is 15.8. The molecule has 6 nitrogen and oxygen atoms in total. The van der Waals surface area contributed by atoms with E-state index in [0.717, 1.165) is 40.8 Å². The van der Waals surface area contributed by atoms with Crippen molar-refractivity contribution >= 4 is 10.9 Å². The summed E-state index contributed by atoms with van der Waals surface area (Å²) in [6.07, 6.45) is 2.31. The minimum atomic E-state index is -0.0948. The zero-order valence-electron chi connectivity index (χ0n) is 14.7. The molecular weight excluding hydrogens is 340 g/mol. The Labute approximate surface area is 155 Å². The molecule has 0 amide bonds. The van der Waals surface area contributed by atoms with Gasteiger partial charge in [0, 0.05) is 31.4 Å². The summed E-state index contributed by atoms with van der Waals surface area (Å²) in [6.45, 7) is 2.13. The van der Waals surface area contributed by atoms with Crippen LogP contribution >= 0.6 is 0 Å². The minimum absolute atomic E-state index is 0.0948. The summed E-state index contributed by atoms with van der Waals surface area (Å²) in [4.78, 5) is 27.0. The molecule has 0 saturated carbocycles. The van der Waals surface area contributed by atoms with E-state index in [-0.39, 0.29) is 5.56 Å². The largest absolute Gasteiger partial charge is 0.461 e. The summed E-state index contributed by atoms with van der Waals surface area (Å²) < 4.78 is 5.35. The second kappa shape index (κ2) is 6.48. The van der Waals surface area contributed by atoms with Crippen molar-refractivity contribution in [1.29, 1.82) is 0 Å². The van der Waals surface area contributed by atoms with Gasteiger partial charge in [-0.15, -0.1) is 0 Å². The molecule has 0 aliphatic carbocycles. The van der Waals surface area contributed by atoms with Crippen LogP contribution in [0.15, 0.2) is 64.0 Å². The zero-order chi connectivity index (χ0) is 18.2. The number of aromatic nitrogens is 3. The van der Waals surface area contributed by atoms with Gasteiger partial charge in [-0.2, -0.15) is 0 Å². The fraction of sp³-hybridized carbons (Fsp3) is 0.190. The molecule has 134 valence electrons. The number of fused-ring (bicyclic) bond motifs is 2. The first-order chi connectivity index (χ1) is 13.3. The molecule has 5 rings (SSSR count). The lowest BCUT2D eigenvalue weighted by molar-refractivity contribution is 0.239. The molecule has 4 heterocycles. The summed E-state index contributed by atoms with van der Waals surface area (Å²) in [5, 5.41) is 1.14. The second-order valence-electron chi connectivity index (χ2n) is 6.77. The van der Waals surface area contributed by atoms with Crippen molar-refractivity contribution in [3.05, 3.63) is 82.1 Å². The Morgan fingerprint density at radius 1 is 1.07 bits per heavy atom. The Bertz CT molecular complexity index is 1160. The van der Waals surface area contributed by atoms with E-state index in [1.165, 1.54) is 0 Å². The molecule has 0 atom stereocenters. The van der Waals surface area contributed by atoms with Crippen LogP contribution in [0.2, 0.25) is 0 Å². The number of para-hydroxylation sites is 1. The molecule has 0 spiro atoms. The lowest BCUT2D eigenvalue weighted by atomic mass is 10.1. The zero-order valence-corrected chi connectivity index (χ0v) is 14.7. The van der Waals surface area contributed by atoms with Crippen LogP contribution in [0.4, 0.5) is 0 Å². The Morgan fingerprint density at radius 2 is 2.00 bits per heavy atom. The van der Waals surface area contributed by atoms with Gasteiger partial charge in [-0.25, -0.2) is 4.98 Å². The van der Waals surface area contributed by atoms with Crippen molar-refractivity contribution in [3.63, 3.8) is 0 Å². The average Bonchev–Trinajstić information content (AvgIpc) is 3.23. The van der Waals surface area contributed by atoms with Gasteiger partial charge in [-0.1, -0.05) is 24.3 Å². The Hall–Kier alpha value is -3.25. The van der Waals surface area contributed by atoms with Crippen LogP contribution in [0.1, 0.15) is 17.0 Å². The number of benzene rings is 1. The number of nitrogens with one attached hydrogen (secondary N) is 1. The van der Waals surface area contributed by atoms with Crippen molar-refractivity contribution < 1.29 is 4.42 Å². The summed E-state index contributed by atoms with van der Waals surface area (Å²) >= 11 is 0. The second-order valence-corrected chi connectivity index (χ2v) is 6.77. The fourth-order valence-electron chi connectivity index (χ4n) is 3.57. The van der Waals surface area contributed by atoms with Crippen molar-refractivity contribution in [1.82, 2.24) is 19.9 Å². The van der Waals surface area contributed by atoms with Crippen molar-refractivity contribution in [2.24, 2.45) is 0 Å². The van der Waals surface area contributed by atoms with Gasteiger partial charge < -0.3 is 9.40 Å². The molecule has 0 unspecified atom stereocenters. The highest BCUT2D eigenvalue weighted by Gasteiger charge is 2.22. The summed E-state index contributed by atoms with van der Waals surface area (Å²) in [5.41, 5.74) is 3.50. The number of rotatable bonds is 3. The van der Waals surface area contributed by atoms with E-state index in [1.807, 2.05) is 18.2 Å². The van der Waals surface area contributed by atoms with Gasteiger partial charge >= 0.3 is 0 Å². The first-order valence-corrected chi connectivity index (χ1v) is 8.99. The van der Waals surface area contributed by atoms with Crippen molar-refractivity contribution in [3.8, 4) is 11.6 Å². The molecule has 0 saturated heterocycles. The van der Waals surface area contributed by atoms with Crippen LogP contribution in [0.25, 0.3) is 22.5 Å². The first-order valence-electron chi connectivity index (χ1n) is 8.99.